The number of rotatable bonds is 0. The molecule has 0 saturated heterocycles. The zero-order chi connectivity index (χ0) is 10.3. The molecule has 0 atom stereocenters. The van der Waals surface area contributed by atoms with Crippen LogP contribution in [0.1, 0.15) is 0 Å². The zero-order valence-corrected chi connectivity index (χ0v) is 11.0. The van der Waals surface area contributed by atoms with Crippen LogP contribution in [0.25, 0.3) is 21.7 Å². The molecule has 16 heavy (non-hydrogen) atoms. The molecule has 0 amide bonds. The van der Waals surface area contributed by atoms with Gasteiger partial charge in [0.1, 0.15) is 0 Å². The van der Waals surface area contributed by atoms with Crippen LogP contribution in [0.5, 0.6) is 0 Å². The zero-order valence-electron chi connectivity index (χ0n) is 9.03. The summed E-state index contributed by atoms with van der Waals surface area (Å²) in [4.78, 5) is 14.9. The second-order valence-corrected chi connectivity index (χ2v) is 3.55. The van der Waals surface area contributed by atoms with E-state index in [-0.39, 0.29) is 35.0 Å². The van der Waals surface area contributed by atoms with Crippen LogP contribution in [-0.4, -0.2) is 34.5 Å². The Morgan fingerprint density at radius 3 is 2.50 bits per heavy atom. The fourth-order valence-corrected chi connectivity index (χ4v) is 1.94. The summed E-state index contributed by atoms with van der Waals surface area (Å²) in [5.41, 5.74) is 0.987. The van der Waals surface area contributed by atoms with Gasteiger partial charge in [-0.15, -0.1) is 0 Å². The minimum Gasteiger partial charge on any atom is -0.361 e. The van der Waals surface area contributed by atoms with Crippen LogP contribution in [0, 0.1) is 0 Å². The van der Waals surface area contributed by atoms with E-state index < -0.39 is 0 Å². The van der Waals surface area contributed by atoms with Gasteiger partial charge in [0.2, 0.25) is 0 Å². The Balaban J connectivity index is 0.000000963. The largest absolute Gasteiger partial charge is 0.361 e. The van der Waals surface area contributed by atoms with E-state index in [2.05, 4.69) is 4.98 Å². The molecule has 0 aliphatic carbocycles. The number of aromatic nitrogens is 1. The van der Waals surface area contributed by atoms with Crippen LogP contribution in [0.3, 0.4) is 0 Å². The monoisotopic (exact) mass is 218 g/mol. The molecule has 3 rings (SSSR count). The number of aromatic amines is 1. The molecule has 1 aromatic heterocycles. The second kappa shape index (κ2) is 4.42. The van der Waals surface area contributed by atoms with Crippen LogP contribution in [0.4, 0.5) is 0 Å². The molecule has 0 fully saturated rings. The number of H-pyrrole nitrogens is 1. The third-order valence-electron chi connectivity index (χ3n) is 2.64. The summed E-state index contributed by atoms with van der Waals surface area (Å²) in [6, 6.07) is 13.3. The van der Waals surface area contributed by atoms with E-state index in [1.807, 2.05) is 36.5 Å². The van der Waals surface area contributed by atoms with E-state index in [1.54, 1.807) is 12.1 Å². The van der Waals surface area contributed by atoms with Gasteiger partial charge in [0, 0.05) is 35.8 Å². The Morgan fingerprint density at radius 1 is 0.875 bits per heavy atom. The molecule has 3 heteroatoms. The minimum absolute atomic E-state index is 0. The Kier molecular flexibility index (Phi) is 3.15. The van der Waals surface area contributed by atoms with Gasteiger partial charge in [-0.25, -0.2) is 0 Å². The first-order valence-corrected chi connectivity index (χ1v) is 4.85. The molecule has 3 aromatic rings. The molecule has 2 nitrogen and oxygen atoms in total. The standard InChI is InChI=1S/C13H9NO.Na/c15-11-5-1-3-9-6-7-10-4-2-8-14-13(10)12(9)11;/h1-8,14H;. The van der Waals surface area contributed by atoms with Crippen LogP contribution >= 0.6 is 0 Å². The predicted molar refractivity (Wildman–Crippen MR) is 67.8 cm³/mol. The molecule has 1 N–H and O–H groups in total. The SMILES string of the molecule is O=c1cccc2ccc3ccc[nH]c3c12.[Na]. The Bertz CT molecular complexity index is 703. The first-order chi connectivity index (χ1) is 7.36. The van der Waals surface area contributed by atoms with E-state index in [4.69, 9.17) is 0 Å². The molecule has 0 unspecified atom stereocenters. The van der Waals surface area contributed by atoms with E-state index >= 15 is 0 Å². The Hall–Kier alpha value is -1.09. The molecule has 1 radical (unpaired) electrons. The number of nitrogens with one attached hydrogen (secondary N) is 1. The van der Waals surface area contributed by atoms with Crippen molar-refractivity contribution >= 4 is 51.2 Å². The van der Waals surface area contributed by atoms with Crippen LogP contribution in [0.15, 0.2) is 53.5 Å². The average Bonchev–Trinajstić information content (AvgIpc) is 2.29. The first kappa shape index (κ1) is 11.4. The molecule has 0 saturated carbocycles. The van der Waals surface area contributed by atoms with Crippen molar-refractivity contribution < 1.29 is 0 Å². The molecular formula is C13H9NNaO. The topological polar surface area (TPSA) is 32.9 Å². The van der Waals surface area contributed by atoms with Crippen LogP contribution in [-0.2, 0) is 0 Å². The van der Waals surface area contributed by atoms with Crippen molar-refractivity contribution in [1.29, 1.82) is 0 Å². The van der Waals surface area contributed by atoms with Gasteiger partial charge in [0.15, 0.2) is 5.43 Å². The maximum atomic E-state index is 11.8. The average molecular weight is 218 g/mol. The third-order valence-corrected chi connectivity index (χ3v) is 2.64. The van der Waals surface area contributed by atoms with Crippen LogP contribution < -0.4 is 5.43 Å². The predicted octanol–water partition coefficient (Wildman–Crippen LogP) is 2.30. The van der Waals surface area contributed by atoms with Crippen molar-refractivity contribution in [2.24, 2.45) is 0 Å². The second-order valence-electron chi connectivity index (χ2n) is 3.55. The van der Waals surface area contributed by atoms with Gasteiger partial charge >= 0.3 is 0 Å². The van der Waals surface area contributed by atoms with Crippen molar-refractivity contribution in [1.82, 2.24) is 4.98 Å². The summed E-state index contributed by atoms with van der Waals surface area (Å²) in [6.07, 6.45) is 1.84. The summed E-state index contributed by atoms with van der Waals surface area (Å²) < 4.78 is 0. The fraction of sp³-hybridized carbons (Fsp3) is 0. The van der Waals surface area contributed by atoms with Gasteiger partial charge in [-0.1, -0.05) is 30.3 Å². The van der Waals surface area contributed by atoms with E-state index in [1.165, 1.54) is 0 Å². The van der Waals surface area contributed by atoms with Crippen molar-refractivity contribution in [3.63, 3.8) is 0 Å². The number of benzene rings is 2. The van der Waals surface area contributed by atoms with Gasteiger partial charge < -0.3 is 4.98 Å². The third kappa shape index (κ3) is 1.69. The van der Waals surface area contributed by atoms with Crippen molar-refractivity contribution in [3.05, 3.63) is 58.9 Å². The summed E-state index contributed by atoms with van der Waals surface area (Å²) >= 11 is 0. The van der Waals surface area contributed by atoms with Crippen LogP contribution in [0.2, 0.25) is 0 Å². The molecule has 0 spiro atoms. The number of fused-ring (bicyclic) bond motifs is 3. The smallest absolute Gasteiger partial charge is 0.188 e. The van der Waals surface area contributed by atoms with Crippen molar-refractivity contribution in [2.75, 3.05) is 0 Å². The quantitative estimate of drug-likeness (QED) is 0.456. The van der Waals surface area contributed by atoms with Gasteiger partial charge in [-0.2, -0.15) is 0 Å². The fourth-order valence-electron chi connectivity index (χ4n) is 1.94. The molecule has 0 bridgehead atoms. The summed E-state index contributed by atoms with van der Waals surface area (Å²) in [6.45, 7) is 0. The van der Waals surface area contributed by atoms with Crippen molar-refractivity contribution in [3.8, 4) is 0 Å². The van der Waals surface area contributed by atoms with Gasteiger partial charge in [0.05, 0.1) is 10.9 Å². The summed E-state index contributed by atoms with van der Waals surface area (Å²) in [5, 5.41) is 2.82. The van der Waals surface area contributed by atoms with Gasteiger partial charge in [0.25, 0.3) is 0 Å². The molecule has 0 aliphatic rings. The van der Waals surface area contributed by atoms with E-state index in [9.17, 15) is 4.79 Å². The van der Waals surface area contributed by atoms with E-state index in [0.29, 0.717) is 0 Å². The molecule has 73 valence electrons. The molecular weight excluding hydrogens is 209 g/mol. The molecule has 1 heterocycles. The summed E-state index contributed by atoms with van der Waals surface area (Å²) in [5.74, 6) is 0. The minimum atomic E-state index is 0. The first-order valence-electron chi connectivity index (χ1n) is 4.85. The molecule has 2 aromatic carbocycles. The Morgan fingerprint density at radius 2 is 1.62 bits per heavy atom. The van der Waals surface area contributed by atoms with Gasteiger partial charge in [-0.05, 0) is 22.9 Å². The van der Waals surface area contributed by atoms with E-state index in [0.717, 1.165) is 21.7 Å². The number of hydrogen-bond acceptors (Lipinski definition) is 1. The summed E-state index contributed by atoms with van der Waals surface area (Å²) in [7, 11) is 0. The maximum Gasteiger partial charge on any atom is 0.188 e. The van der Waals surface area contributed by atoms with Gasteiger partial charge in [-0.3, -0.25) is 4.79 Å². The molecule has 0 aliphatic heterocycles. The normalized spacial score (nSPS) is 10.2. The van der Waals surface area contributed by atoms with Crippen molar-refractivity contribution in [2.45, 2.75) is 0 Å². The Labute approximate surface area is 115 Å². The number of pyridine rings is 1. The number of hydrogen-bond donors (Lipinski definition) is 1. The maximum absolute atomic E-state index is 11.8.